The lowest BCUT2D eigenvalue weighted by Gasteiger charge is -2.22. The third kappa shape index (κ3) is 3.76. The lowest BCUT2D eigenvalue weighted by molar-refractivity contribution is 0.0748. The molecule has 23 heavy (non-hydrogen) atoms. The zero-order valence-corrected chi connectivity index (χ0v) is 13.6. The van der Waals surface area contributed by atoms with Crippen molar-refractivity contribution in [2.24, 2.45) is 0 Å². The summed E-state index contributed by atoms with van der Waals surface area (Å²) in [5, 5.41) is 4.20. The second kappa shape index (κ2) is 7.37. The SMILES string of the molecule is CCn1nccc1C(=O)N1CCCN(Cc2cccnc2)CC1. The first-order valence-electron chi connectivity index (χ1n) is 8.20. The van der Waals surface area contributed by atoms with Gasteiger partial charge < -0.3 is 4.90 Å². The van der Waals surface area contributed by atoms with Crippen LogP contribution in [0.15, 0.2) is 36.8 Å². The van der Waals surface area contributed by atoms with Crippen LogP contribution >= 0.6 is 0 Å². The Balaban J connectivity index is 1.61. The molecule has 0 aromatic carbocycles. The van der Waals surface area contributed by atoms with Gasteiger partial charge in [0, 0.05) is 57.9 Å². The van der Waals surface area contributed by atoms with Crippen molar-refractivity contribution in [3.8, 4) is 0 Å². The molecule has 1 aliphatic heterocycles. The summed E-state index contributed by atoms with van der Waals surface area (Å²) in [5.41, 5.74) is 1.91. The molecule has 0 saturated carbocycles. The third-order valence-corrected chi connectivity index (χ3v) is 4.24. The summed E-state index contributed by atoms with van der Waals surface area (Å²) in [6.07, 6.45) is 6.40. The maximum absolute atomic E-state index is 12.7. The number of pyridine rings is 1. The normalized spacial score (nSPS) is 16.3. The van der Waals surface area contributed by atoms with Gasteiger partial charge in [-0.2, -0.15) is 5.10 Å². The highest BCUT2D eigenvalue weighted by Crippen LogP contribution is 2.11. The molecule has 3 rings (SSSR count). The van der Waals surface area contributed by atoms with Gasteiger partial charge in [0.1, 0.15) is 5.69 Å². The van der Waals surface area contributed by atoms with E-state index in [4.69, 9.17) is 0 Å². The molecule has 0 N–H and O–H groups in total. The number of nitrogens with zero attached hydrogens (tertiary/aromatic N) is 5. The lowest BCUT2D eigenvalue weighted by Crippen LogP contribution is -2.36. The second-order valence-corrected chi connectivity index (χ2v) is 5.82. The minimum absolute atomic E-state index is 0.0903. The first kappa shape index (κ1) is 15.7. The fraction of sp³-hybridized carbons (Fsp3) is 0.471. The molecule has 1 aliphatic rings. The summed E-state index contributed by atoms with van der Waals surface area (Å²) >= 11 is 0. The average molecular weight is 313 g/mol. The van der Waals surface area contributed by atoms with Crippen molar-refractivity contribution in [1.82, 2.24) is 24.6 Å². The van der Waals surface area contributed by atoms with E-state index in [9.17, 15) is 4.79 Å². The van der Waals surface area contributed by atoms with Crippen LogP contribution in [-0.4, -0.2) is 56.7 Å². The molecule has 0 bridgehead atoms. The number of aryl methyl sites for hydroxylation is 1. The van der Waals surface area contributed by atoms with E-state index in [-0.39, 0.29) is 5.91 Å². The van der Waals surface area contributed by atoms with Gasteiger partial charge in [0.2, 0.25) is 0 Å². The number of hydrogen-bond acceptors (Lipinski definition) is 4. The van der Waals surface area contributed by atoms with Gasteiger partial charge in [-0.25, -0.2) is 0 Å². The molecule has 122 valence electrons. The van der Waals surface area contributed by atoms with Crippen LogP contribution in [0, 0.1) is 0 Å². The first-order chi connectivity index (χ1) is 11.3. The predicted octanol–water partition coefficient (Wildman–Crippen LogP) is 1.65. The van der Waals surface area contributed by atoms with E-state index in [2.05, 4.69) is 21.0 Å². The highest BCUT2D eigenvalue weighted by Gasteiger charge is 2.22. The topological polar surface area (TPSA) is 54.3 Å². The molecular weight excluding hydrogens is 290 g/mol. The Bertz CT molecular complexity index is 639. The largest absolute Gasteiger partial charge is 0.336 e. The summed E-state index contributed by atoms with van der Waals surface area (Å²) in [6, 6.07) is 5.87. The molecule has 1 amide bonds. The van der Waals surface area contributed by atoms with Crippen molar-refractivity contribution in [3.63, 3.8) is 0 Å². The van der Waals surface area contributed by atoms with Gasteiger partial charge in [-0.05, 0) is 31.0 Å². The first-order valence-corrected chi connectivity index (χ1v) is 8.20. The Morgan fingerprint density at radius 2 is 2.09 bits per heavy atom. The Morgan fingerprint density at radius 1 is 1.17 bits per heavy atom. The Morgan fingerprint density at radius 3 is 2.87 bits per heavy atom. The van der Waals surface area contributed by atoms with Crippen LogP contribution in [-0.2, 0) is 13.1 Å². The van der Waals surface area contributed by atoms with E-state index < -0.39 is 0 Å². The number of amides is 1. The van der Waals surface area contributed by atoms with E-state index in [1.54, 1.807) is 17.1 Å². The molecule has 0 unspecified atom stereocenters. The number of carbonyl (C=O) groups is 1. The van der Waals surface area contributed by atoms with Crippen molar-refractivity contribution in [2.75, 3.05) is 26.2 Å². The molecule has 3 heterocycles. The van der Waals surface area contributed by atoms with Crippen LogP contribution in [0.25, 0.3) is 0 Å². The van der Waals surface area contributed by atoms with Gasteiger partial charge in [-0.3, -0.25) is 19.4 Å². The predicted molar refractivity (Wildman–Crippen MR) is 87.9 cm³/mol. The zero-order chi connectivity index (χ0) is 16.1. The average Bonchev–Trinajstić information content (AvgIpc) is 2.95. The minimum atomic E-state index is 0.0903. The van der Waals surface area contributed by atoms with Gasteiger partial charge in [0.15, 0.2) is 0 Å². The summed E-state index contributed by atoms with van der Waals surface area (Å²) < 4.78 is 1.76. The van der Waals surface area contributed by atoms with Crippen molar-refractivity contribution in [2.45, 2.75) is 26.4 Å². The number of rotatable bonds is 4. The summed E-state index contributed by atoms with van der Waals surface area (Å²) in [5.74, 6) is 0.0903. The maximum atomic E-state index is 12.7. The highest BCUT2D eigenvalue weighted by atomic mass is 16.2. The summed E-state index contributed by atoms with van der Waals surface area (Å²) in [7, 11) is 0. The number of hydrogen-bond donors (Lipinski definition) is 0. The summed E-state index contributed by atoms with van der Waals surface area (Å²) in [6.45, 7) is 7.07. The summed E-state index contributed by atoms with van der Waals surface area (Å²) in [4.78, 5) is 21.2. The van der Waals surface area contributed by atoms with E-state index in [0.29, 0.717) is 5.69 Å². The Kier molecular flexibility index (Phi) is 5.02. The molecular formula is C17H23N5O. The Labute approximate surface area is 136 Å². The van der Waals surface area contributed by atoms with Crippen LogP contribution in [0.1, 0.15) is 29.4 Å². The van der Waals surface area contributed by atoms with E-state index in [0.717, 1.165) is 45.7 Å². The maximum Gasteiger partial charge on any atom is 0.272 e. The van der Waals surface area contributed by atoms with Gasteiger partial charge >= 0.3 is 0 Å². The van der Waals surface area contributed by atoms with E-state index in [1.807, 2.05) is 30.2 Å². The molecule has 2 aromatic rings. The van der Waals surface area contributed by atoms with Crippen LogP contribution in [0.4, 0.5) is 0 Å². The molecule has 2 aromatic heterocycles. The molecule has 0 aliphatic carbocycles. The number of carbonyl (C=O) groups excluding carboxylic acids is 1. The lowest BCUT2D eigenvalue weighted by atomic mass is 10.2. The van der Waals surface area contributed by atoms with E-state index in [1.165, 1.54) is 5.56 Å². The zero-order valence-electron chi connectivity index (χ0n) is 13.6. The quantitative estimate of drug-likeness (QED) is 0.861. The van der Waals surface area contributed by atoms with E-state index >= 15 is 0 Å². The fourth-order valence-corrected chi connectivity index (χ4v) is 3.01. The smallest absolute Gasteiger partial charge is 0.272 e. The van der Waals surface area contributed by atoms with Crippen LogP contribution in [0.2, 0.25) is 0 Å². The van der Waals surface area contributed by atoms with Crippen molar-refractivity contribution >= 4 is 5.91 Å². The third-order valence-electron chi connectivity index (χ3n) is 4.24. The van der Waals surface area contributed by atoms with Gasteiger partial charge in [-0.1, -0.05) is 6.07 Å². The molecule has 0 spiro atoms. The van der Waals surface area contributed by atoms with Gasteiger partial charge in [-0.15, -0.1) is 0 Å². The van der Waals surface area contributed by atoms with Crippen LogP contribution in [0.3, 0.4) is 0 Å². The Hall–Kier alpha value is -2.21. The highest BCUT2D eigenvalue weighted by molar-refractivity contribution is 5.92. The van der Waals surface area contributed by atoms with Crippen LogP contribution < -0.4 is 0 Å². The molecule has 6 heteroatoms. The van der Waals surface area contributed by atoms with Crippen molar-refractivity contribution in [3.05, 3.63) is 48.0 Å². The van der Waals surface area contributed by atoms with Crippen LogP contribution in [0.5, 0.6) is 0 Å². The molecule has 1 saturated heterocycles. The molecule has 0 radical (unpaired) electrons. The molecule has 1 fully saturated rings. The molecule has 6 nitrogen and oxygen atoms in total. The standard InChI is InChI=1S/C17H23N5O/c1-2-22-16(6-8-19-22)17(23)21-10-4-9-20(11-12-21)14-15-5-3-7-18-13-15/h3,5-8,13H,2,4,9-12,14H2,1H3. The fourth-order valence-electron chi connectivity index (χ4n) is 3.01. The van der Waals surface area contributed by atoms with Crippen molar-refractivity contribution < 1.29 is 4.79 Å². The molecule has 0 atom stereocenters. The van der Waals surface area contributed by atoms with Gasteiger partial charge in [0.05, 0.1) is 0 Å². The number of aromatic nitrogens is 3. The minimum Gasteiger partial charge on any atom is -0.336 e. The monoisotopic (exact) mass is 313 g/mol. The van der Waals surface area contributed by atoms with Gasteiger partial charge in [0.25, 0.3) is 5.91 Å². The van der Waals surface area contributed by atoms with Crippen molar-refractivity contribution in [1.29, 1.82) is 0 Å². The second-order valence-electron chi connectivity index (χ2n) is 5.82.